The minimum atomic E-state index is -0.196. The molecule has 6 nitrogen and oxygen atoms in total. The van der Waals surface area contributed by atoms with Crippen LogP contribution in [0.2, 0.25) is 5.02 Å². The predicted octanol–water partition coefficient (Wildman–Crippen LogP) is 5.58. The van der Waals surface area contributed by atoms with Crippen LogP contribution in [-0.2, 0) is 0 Å². The molecule has 0 aliphatic rings. The third-order valence-corrected chi connectivity index (χ3v) is 5.85. The fourth-order valence-electron chi connectivity index (χ4n) is 4.15. The maximum absolute atomic E-state index is 12.1. The largest absolute Gasteiger partial charge is 0.322 e. The van der Waals surface area contributed by atoms with E-state index >= 15 is 0 Å². The zero-order valence-corrected chi connectivity index (χ0v) is 17.5. The number of aromatic nitrogens is 5. The number of pyridine rings is 2. The van der Waals surface area contributed by atoms with Gasteiger partial charge in [0.15, 0.2) is 0 Å². The Hall–Kier alpha value is -4.16. The number of H-pyrrole nitrogens is 2. The fraction of sp³-hybridized carbons (Fsp3) is 0. The first kappa shape index (κ1) is 18.6. The molecule has 0 saturated carbocycles. The third kappa shape index (κ3) is 2.92. The second kappa shape index (κ2) is 7.21. The van der Waals surface area contributed by atoms with Crippen LogP contribution < -0.4 is 5.56 Å². The molecular formula is C25H16ClN5O. The summed E-state index contributed by atoms with van der Waals surface area (Å²) in [6.07, 6.45) is 5.72. The lowest BCUT2D eigenvalue weighted by Gasteiger charge is -2.19. The van der Waals surface area contributed by atoms with Crippen molar-refractivity contribution in [2.24, 2.45) is 0 Å². The number of halogens is 1. The first-order valence-corrected chi connectivity index (χ1v) is 10.5. The van der Waals surface area contributed by atoms with Gasteiger partial charge in [-0.2, -0.15) is 5.10 Å². The maximum Gasteiger partial charge on any atom is 0.249 e. The van der Waals surface area contributed by atoms with Crippen LogP contribution in [0, 0.1) is 0 Å². The lowest BCUT2D eigenvalue weighted by molar-refractivity contribution is 1.08. The van der Waals surface area contributed by atoms with E-state index < -0.39 is 0 Å². The first-order valence-electron chi connectivity index (χ1n) is 10.1. The van der Waals surface area contributed by atoms with Gasteiger partial charge in [-0.3, -0.25) is 9.89 Å². The van der Waals surface area contributed by atoms with Gasteiger partial charge >= 0.3 is 0 Å². The molecule has 7 heteroatoms. The van der Waals surface area contributed by atoms with Crippen LogP contribution in [0.15, 0.2) is 90.1 Å². The Bertz CT molecular complexity index is 1650. The standard InChI is InChI=1S/C25H16ClN5O/c26-19-13-16(12-17-14-27-30-22(17)19)21-23(15-6-2-1-3-7-15)29-25-18(8-9-20(32)28-25)24(21)31-10-4-5-11-31/h1-14H,(H,27,30)(H,28,29,32). The predicted molar refractivity (Wildman–Crippen MR) is 127 cm³/mol. The van der Waals surface area contributed by atoms with Crippen molar-refractivity contribution in [3.63, 3.8) is 0 Å². The van der Waals surface area contributed by atoms with Crippen molar-refractivity contribution >= 4 is 33.5 Å². The van der Waals surface area contributed by atoms with Gasteiger partial charge in [0.05, 0.1) is 28.1 Å². The summed E-state index contributed by atoms with van der Waals surface area (Å²) in [6.45, 7) is 0. The lowest BCUT2D eigenvalue weighted by Crippen LogP contribution is -2.08. The van der Waals surface area contributed by atoms with Crippen LogP contribution in [-0.4, -0.2) is 24.7 Å². The average molecular weight is 438 g/mol. The Kier molecular flexibility index (Phi) is 4.19. The quantitative estimate of drug-likeness (QED) is 0.379. The van der Waals surface area contributed by atoms with Gasteiger partial charge in [-0.25, -0.2) is 4.98 Å². The Balaban J connectivity index is 1.82. The molecule has 0 amide bonds. The van der Waals surface area contributed by atoms with Crippen molar-refractivity contribution < 1.29 is 0 Å². The summed E-state index contributed by atoms with van der Waals surface area (Å²) in [5.74, 6) is 0. The summed E-state index contributed by atoms with van der Waals surface area (Å²) in [4.78, 5) is 19.9. The number of fused-ring (bicyclic) bond motifs is 2. The summed E-state index contributed by atoms with van der Waals surface area (Å²) in [7, 11) is 0. The first-order chi connectivity index (χ1) is 15.7. The smallest absolute Gasteiger partial charge is 0.249 e. The SMILES string of the molecule is O=c1ccc2c(-n3cccc3)c(-c3cc(Cl)c4[nH]ncc4c3)c(-c3ccccc3)nc2[nH]1. The van der Waals surface area contributed by atoms with Gasteiger partial charge in [-0.15, -0.1) is 0 Å². The van der Waals surface area contributed by atoms with Crippen LogP contribution >= 0.6 is 11.6 Å². The highest BCUT2D eigenvalue weighted by molar-refractivity contribution is 6.35. The Morgan fingerprint density at radius 2 is 1.72 bits per heavy atom. The van der Waals surface area contributed by atoms with Crippen molar-refractivity contribution in [3.05, 3.63) is 101 Å². The molecule has 6 rings (SSSR count). The molecule has 154 valence electrons. The number of rotatable bonds is 3. The number of benzene rings is 2. The molecule has 0 bridgehead atoms. The molecule has 0 unspecified atom stereocenters. The van der Waals surface area contributed by atoms with Crippen molar-refractivity contribution in [2.45, 2.75) is 0 Å². The minimum Gasteiger partial charge on any atom is -0.322 e. The number of hydrogen-bond acceptors (Lipinski definition) is 3. The lowest BCUT2D eigenvalue weighted by atomic mass is 9.95. The zero-order valence-electron chi connectivity index (χ0n) is 16.7. The summed E-state index contributed by atoms with van der Waals surface area (Å²) in [6, 6.07) is 21.2. The topological polar surface area (TPSA) is 79.4 Å². The van der Waals surface area contributed by atoms with Crippen LogP contribution in [0.5, 0.6) is 0 Å². The van der Waals surface area contributed by atoms with E-state index in [2.05, 4.69) is 21.2 Å². The molecule has 4 heterocycles. The van der Waals surface area contributed by atoms with Gasteiger partial charge in [0.25, 0.3) is 0 Å². The molecule has 0 atom stereocenters. The molecule has 4 aromatic heterocycles. The van der Waals surface area contributed by atoms with Gasteiger partial charge in [-0.05, 0) is 35.9 Å². The molecule has 32 heavy (non-hydrogen) atoms. The third-order valence-electron chi connectivity index (χ3n) is 5.55. The highest BCUT2D eigenvalue weighted by Crippen LogP contribution is 2.41. The van der Waals surface area contributed by atoms with E-state index in [1.165, 1.54) is 6.07 Å². The van der Waals surface area contributed by atoms with Crippen molar-refractivity contribution in [3.8, 4) is 28.1 Å². The molecule has 2 aromatic carbocycles. The fourth-order valence-corrected chi connectivity index (χ4v) is 4.41. The summed E-state index contributed by atoms with van der Waals surface area (Å²) >= 11 is 6.62. The highest BCUT2D eigenvalue weighted by atomic mass is 35.5. The van der Waals surface area contributed by atoms with E-state index in [9.17, 15) is 4.79 Å². The number of aromatic amines is 2. The van der Waals surface area contributed by atoms with E-state index in [1.807, 2.05) is 71.6 Å². The second-order valence-electron chi connectivity index (χ2n) is 7.52. The molecular weight excluding hydrogens is 422 g/mol. The van der Waals surface area contributed by atoms with Crippen LogP contribution in [0.25, 0.3) is 50.0 Å². The van der Waals surface area contributed by atoms with Gasteiger partial charge in [0.2, 0.25) is 5.56 Å². The number of nitrogens with zero attached hydrogens (tertiary/aromatic N) is 3. The van der Waals surface area contributed by atoms with Crippen molar-refractivity contribution in [1.82, 2.24) is 24.7 Å². The van der Waals surface area contributed by atoms with Crippen molar-refractivity contribution in [1.29, 1.82) is 0 Å². The zero-order chi connectivity index (χ0) is 21.7. The van der Waals surface area contributed by atoms with E-state index in [0.29, 0.717) is 10.7 Å². The molecule has 0 fully saturated rings. The van der Waals surface area contributed by atoms with Gasteiger partial charge < -0.3 is 9.55 Å². The molecule has 2 N–H and O–H groups in total. The Morgan fingerprint density at radius 3 is 2.53 bits per heavy atom. The molecule has 0 aliphatic heterocycles. The molecule has 6 aromatic rings. The minimum absolute atomic E-state index is 0.196. The van der Waals surface area contributed by atoms with E-state index in [1.54, 1.807) is 6.20 Å². The highest BCUT2D eigenvalue weighted by Gasteiger charge is 2.21. The average Bonchev–Trinajstić information content (AvgIpc) is 3.50. The van der Waals surface area contributed by atoms with Crippen LogP contribution in [0.3, 0.4) is 0 Å². The number of hydrogen-bond donors (Lipinski definition) is 2. The maximum atomic E-state index is 12.1. The van der Waals surface area contributed by atoms with Gasteiger partial charge in [0.1, 0.15) is 5.65 Å². The number of nitrogens with one attached hydrogen (secondary N) is 2. The second-order valence-corrected chi connectivity index (χ2v) is 7.92. The van der Waals surface area contributed by atoms with E-state index in [-0.39, 0.29) is 5.56 Å². The van der Waals surface area contributed by atoms with Crippen LogP contribution in [0.4, 0.5) is 0 Å². The monoisotopic (exact) mass is 437 g/mol. The summed E-state index contributed by atoms with van der Waals surface area (Å²) in [5, 5.41) is 9.41. The normalized spacial score (nSPS) is 11.4. The molecule has 0 spiro atoms. The van der Waals surface area contributed by atoms with E-state index in [4.69, 9.17) is 16.6 Å². The molecule has 0 saturated heterocycles. The van der Waals surface area contributed by atoms with Crippen molar-refractivity contribution in [2.75, 3.05) is 0 Å². The Morgan fingerprint density at radius 1 is 0.906 bits per heavy atom. The van der Waals surface area contributed by atoms with E-state index in [0.717, 1.165) is 44.4 Å². The summed E-state index contributed by atoms with van der Waals surface area (Å²) in [5.41, 5.74) is 5.54. The molecule has 0 aliphatic carbocycles. The van der Waals surface area contributed by atoms with Crippen LogP contribution in [0.1, 0.15) is 0 Å². The molecule has 0 radical (unpaired) electrons. The van der Waals surface area contributed by atoms with Gasteiger partial charge in [-0.1, -0.05) is 41.9 Å². The Labute approximate surface area is 187 Å². The van der Waals surface area contributed by atoms with Gasteiger partial charge in [0, 0.05) is 40.4 Å². The summed E-state index contributed by atoms with van der Waals surface area (Å²) < 4.78 is 2.04.